The number of benzene rings is 1. The van der Waals surface area contributed by atoms with E-state index < -0.39 is 0 Å². The fourth-order valence-corrected chi connectivity index (χ4v) is 2.61. The van der Waals surface area contributed by atoms with Gasteiger partial charge in [-0.2, -0.15) is 0 Å². The fraction of sp³-hybridized carbons (Fsp3) is 0.647. The molecule has 1 aliphatic heterocycles. The summed E-state index contributed by atoms with van der Waals surface area (Å²) in [5.74, 6) is 0.769. The Balaban J connectivity index is 1.77. The first-order valence-corrected chi connectivity index (χ1v) is 7.79. The van der Waals surface area contributed by atoms with Crippen LogP contribution in [0.2, 0.25) is 0 Å². The predicted molar refractivity (Wildman–Crippen MR) is 83.5 cm³/mol. The van der Waals surface area contributed by atoms with Crippen LogP contribution in [0.1, 0.15) is 45.1 Å². The average molecular weight is 260 g/mol. The number of nitrogens with zero attached hydrogens (tertiary/aromatic N) is 1. The van der Waals surface area contributed by atoms with Gasteiger partial charge in [-0.3, -0.25) is 4.90 Å². The van der Waals surface area contributed by atoms with Crippen LogP contribution in [0.25, 0.3) is 0 Å². The van der Waals surface area contributed by atoms with Gasteiger partial charge < -0.3 is 5.32 Å². The van der Waals surface area contributed by atoms with Crippen LogP contribution in [0.5, 0.6) is 0 Å². The molecule has 0 bridgehead atoms. The molecule has 1 fully saturated rings. The number of nitrogens with one attached hydrogen (secondary N) is 1. The molecular formula is C17H28N2. The summed E-state index contributed by atoms with van der Waals surface area (Å²) < 4.78 is 0. The van der Waals surface area contributed by atoms with E-state index in [9.17, 15) is 0 Å². The summed E-state index contributed by atoms with van der Waals surface area (Å²) in [6, 6.07) is 8.98. The second-order valence-corrected chi connectivity index (χ2v) is 6.14. The Bertz CT molecular complexity index is 350. The minimum Gasteiger partial charge on any atom is -0.385 e. The van der Waals surface area contributed by atoms with Crippen LogP contribution in [0.4, 0.5) is 5.69 Å². The zero-order valence-corrected chi connectivity index (χ0v) is 12.5. The maximum Gasteiger partial charge on any atom is 0.0340 e. The zero-order chi connectivity index (χ0) is 13.5. The summed E-state index contributed by atoms with van der Waals surface area (Å²) in [5.41, 5.74) is 2.69. The molecule has 106 valence electrons. The van der Waals surface area contributed by atoms with Gasteiger partial charge in [0.05, 0.1) is 0 Å². The summed E-state index contributed by atoms with van der Waals surface area (Å²) >= 11 is 0. The van der Waals surface area contributed by atoms with Crippen LogP contribution in [0.15, 0.2) is 24.3 Å². The fourth-order valence-electron chi connectivity index (χ4n) is 2.61. The lowest BCUT2D eigenvalue weighted by molar-refractivity contribution is 0.221. The first-order valence-electron chi connectivity index (χ1n) is 7.79. The van der Waals surface area contributed by atoms with E-state index in [1.54, 1.807) is 0 Å². The van der Waals surface area contributed by atoms with Gasteiger partial charge in [-0.15, -0.1) is 0 Å². The molecule has 2 nitrogen and oxygen atoms in total. The lowest BCUT2D eigenvalue weighted by Crippen LogP contribution is -2.29. The topological polar surface area (TPSA) is 15.3 Å². The molecule has 0 spiro atoms. The highest BCUT2D eigenvalue weighted by Crippen LogP contribution is 2.15. The van der Waals surface area contributed by atoms with Gasteiger partial charge in [0.2, 0.25) is 0 Å². The van der Waals surface area contributed by atoms with E-state index in [1.165, 1.54) is 50.0 Å². The number of likely N-dealkylation sites (tertiary alicyclic amines) is 1. The summed E-state index contributed by atoms with van der Waals surface area (Å²) in [6.07, 6.45) is 5.38. The first-order chi connectivity index (χ1) is 9.24. The van der Waals surface area contributed by atoms with Gasteiger partial charge in [0.15, 0.2) is 0 Å². The van der Waals surface area contributed by atoms with Crippen molar-refractivity contribution < 1.29 is 0 Å². The van der Waals surface area contributed by atoms with Crippen molar-refractivity contribution in [1.29, 1.82) is 0 Å². The Morgan fingerprint density at radius 3 is 2.37 bits per heavy atom. The Kier molecular flexibility index (Phi) is 5.71. The number of hydrogen-bond donors (Lipinski definition) is 1. The van der Waals surface area contributed by atoms with Crippen LogP contribution in [-0.4, -0.2) is 24.5 Å². The van der Waals surface area contributed by atoms with Gasteiger partial charge in [0.25, 0.3) is 0 Å². The lowest BCUT2D eigenvalue weighted by atomic mass is 10.1. The van der Waals surface area contributed by atoms with Crippen LogP contribution < -0.4 is 5.32 Å². The van der Waals surface area contributed by atoms with Crippen molar-refractivity contribution in [2.45, 2.75) is 46.1 Å². The molecule has 0 aliphatic carbocycles. The van der Waals surface area contributed by atoms with Gasteiger partial charge in [0.1, 0.15) is 0 Å². The third-order valence-electron chi connectivity index (χ3n) is 3.86. The standard InChI is InChI=1S/C17H28N2/c1-15(2)10-11-18-17-8-6-16(7-9-17)14-19-12-4-3-5-13-19/h6-9,15,18H,3-5,10-14H2,1-2H3. The largest absolute Gasteiger partial charge is 0.385 e. The first kappa shape index (κ1) is 14.4. The van der Waals surface area contributed by atoms with Crippen LogP contribution in [0.3, 0.4) is 0 Å². The van der Waals surface area contributed by atoms with Gasteiger partial charge in [-0.05, 0) is 56.0 Å². The van der Waals surface area contributed by atoms with E-state index in [1.807, 2.05) is 0 Å². The van der Waals surface area contributed by atoms with Gasteiger partial charge in [0, 0.05) is 18.8 Å². The summed E-state index contributed by atoms with van der Waals surface area (Å²) in [7, 11) is 0. The average Bonchev–Trinajstić information content (AvgIpc) is 2.42. The second kappa shape index (κ2) is 7.54. The number of rotatable bonds is 6. The second-order valence-electron chi connectivity index (χ2n) is 6.14. The molecular weight excluding hydrogens is 232 g/mol. The summed E-state index contributed by atoms with van der Waals surface area (Å²) in [4.78, 5) is 2.57. The Morgan fingerprint density at radius 2 is 1.74 bits per heavy atom. The third-order valence-corrected chi connectivity index (χ3v) is 3.86. The quantitative estimate of drug-likeness (QED) is 0.827. The summed E-state index contributed by atoms with van der Waals surface area (Å²) in [5, 5.41) is 3.49. The van der Waals surface area contributed by atoms with Crippen molar-refractivity contribution in [3.8, 4) is 0 Å². The Hall–Kier alpha value is -1.02. The van der Waals surface area contributed by atoms with Crippen molar-refractivity contribution in [2.75, 3.05) is 25.0 Å². The van der Waals surface area contributed by atoms with E-state index in [4.69, 9.17) is 0 Å². The normalized spacial score (nSPS) is 16.8. The van der Waals surface area contributed by atoms with Gasteiger partial charge >= 0.3 is 0 Å². The minimum atomic E-state index is 0.769. The van der Waals surface area contributed by atoms with E-state index in [0.29, 0.717) is 0 Å². The molecule has 2 heteroatoms. The Labute approximate surface area is 118 Å². The van der Waals surface area contributed by atoms with Crippen molar-refractivity contribution in [3.05, 3.63) is 29.8 Å². The minimum absolute atomic E-state index is 0.769. The van der Waals surface area contributed by atoms with Crippen molar-refractivity contribution in [2.24, 2.45) is 5.92 Å². The molecule has 0 saturated carbocycles. The molecule has 1 aliphatic rings. The van der Waals surface area contributed by atoms with Crippen molar-refractivity contribution in [3.63, 3.8) is 0 Å². The molecule has 1 aromatic rings. The van der Waals surface area contributed by atoms with E-state index in [2.05, 4.69) is 48.3 Å². The summed E-state index contributed by atoms with van der Waals surface area (Å²) in [6.45, 7) is 9.27. The van der Waals surface area contributed by atoms with Crippen molar-refractivity contribution >= 4 is 5.69 Å². The molecule has 0 aromatic heterocycles. The SMILES string of the molecule is CC(C)CCNc1ccc(CN2CCCCC2)cc1. The molecule has 0 radical (unpaired) electrons. The molecule has 0 amide bonds. The maximum atomic E-state index is 3.49. The highest BCUT2D eigenvalue weighted by atomic mass is 15.1. The van der Waals surface area contributed by atoms with Gasteiger partial charge in [-0.25, -0.2) is 0 Å². The molecule has 0 atom stereocenters. The number of piperidine rings is 1. The van der Waals surface area contributed by atoms with Crippen LogP contribution >= 0.6 is 0 Å². The molecule has 2 rings (SSSR count). The van der Waals surface area contributed by atoms with Gasteiger partial charge in [-0.1, -0.05) is 32.4 Å². The van der Waals surface area contributed by atoms with Crippen LogP contribution in [-0.2, 0) is 6.54 Å². The molecule has 1 aromatic carbocycles. The van der Waals surface area contributed by atoms with Crippen LogP contribution in [0, 0.1) is 5.92 Å². The number of hydrogen-bond acceptors (Lipinski definition) is 2. The van der Waals surface area contributed by atoms with E-state index in [0.717, 1.165) is 19.0 Å². The molecule has 0 unspecified atom stereocenters. The predicted octanol–water partition coefficient (Wildman–Crippen LogP) is 4.13. The molecule has 1 N–H and O–H groups in total. The van der Waals surface area contributed by atoms with Crippen molar-refractivity contribution in [1.82, 2.24) is 4.90 Å². The highest BCUT2D eigenvalue weighted by molar-refractivity contribution is 5.44. The third kappa shape index (κ3) is 5.23. The lowest BCUT2D eigenvalue weighted by Gasteiger charge is -2.26. The number of anilines is 1. The zero-order valence-electron chi connectivity index (χ0n) is 12.5. The molecule has 19 heavy (non-hydrogen) atoms. The Morgan fingerprint density at radius 1 is 1.05 bits per heavy atom. The smallest absolute Gasteiger partial charge is 0.0340 e. The monoisotopic (exact) mass is 260 g/mol. The van der Waals surface area contributed by atoms with E-state index >= 15 is 0 Å². The highest BCUT2D eigenvalue weighted by Gasteiger charge is 2.09. The van der Waals surface area contributed by atoms with E-state index in [-0.39, 0.29) is 0 Å². The molecule has 1 heterocycles. The molecule has 1 saturated heterocycles. The maximum absolute atomic E-state index is 3.49.